The van der Waals surface area contributed by atoms with E-state index >= 15 is 0 Å². The van der Waals surface area contributed by atoms with Gasteiger partial charge in [-0.1, -0.05) is 18.2 Å². The number of nitrogens with one attached hydrogen (secondary N) is 3. The summed E-state index contributed by atoms with van der Waals surface area (Å²) in [6.07, 6.45) is 7.88. The van der Waals surface area contributed by atoms with Crippen molar-refractivity contribution in [2.45, 2.75) is 12.8 Å². The molecule has 0 aliphatic heterocycles. The van der Waals surface area contributed by atoms with Crippen LogP contribution in [0.25, 0.3) is 0 Å². The predicted octanol–water partition coefficient (Wildman–Crippen LogP) is 1.72. The van der Waals surface area contributed by atoms with Crippen LogP contribution < -0.4 is 10.7 Å². The van der Waals surface area contributed by atoms with Gasteiger partial charge in [-0.2, -0.15) is 13.5 Å². The minimum Gasteiger partial charge on any atom is -0.506 e. The van der Waals surface area contributed by atoms with E-state index in [2.05, 4.69) is 15.8 Å². The fourth-order valence-electron chi connectivity index (χ4n) is 2.26. The van der Waals surface area contributed by atoms with Gasteiger partial charge in [-0.3, -0.25) is 15.4 Å². The highest BCUT2D eigenvalue weighted by molar-refractivity contribution is 7.85. The molecule has 0 saturated heterocycles. The first-order valence-corrected chi connectivity index (χ1v) is 9.71. The SMILES string of the molecule is N=C1C=CC=C/C1=N/Nc1cc(CCNCCCS(=O)(=O)O)ccc1O. The molecule has 2 rings (SSSR count). The number of phenolic OH excluding ortho intramolecular Hbond substituents is 1. The maximum Gasteiger partial charge on any atom is 0.264 e. The van der Waals surface area contributed by atoms with E-state index in [0.717, 1.165) is 5.56 Å². The standard InChI is InChI=1S/C17H22N4O4S/c18-14-4-1-2-5-15(14)20-21-16-12-13(6-7-17(16)22)8-10-19-9-3-11-26(23,24)25/h1-2,4-7,12,18-19,21-22H,3,8-11H2,(H,23,24,25)/b18-14?,20-15-. The summed E-state index contributed by atoms with van der Waals surface area (Å²) in [4.78, 5) is 0. The van der Waals surface area contributed by atoms with Crippen molar-refractivity contribution in [2.75, 3.05) is 24.3 Å². The Hall–Kier alpha value is -2.49. The third-order valence-corrected chi connectivity index (χ3v) is 4.41. The summed E-state index contributed by atoms with van der Waals surface area (Å²) in [6, 6.07) is 5.13. The highest BCUT2D eigenvalue weighted by Crippen LogP contribution is 2.24. The van der Waals surface area contributed by atoms with Crippen molar-refractivity contribution >= 4 is 27.2 Å². The number of aromatic hydroxyl groups is 1. The van der Waals surface area contributed by atoms with E-state index in [4.69, 9.17) is 9.96 Å². The highest BCUT2D eigenvalue weighted by Gasteiger charge is 2.06. The van der Waals surface area contributed by atoms with Gasteiger partial charge in [0.1, 0.15) is 11.5 Å². The summed E-state index contributed by atoms with van der Waals surface area (Å²) >= 11 is 0. The average molecular weight is 378 g/mol. The third-order valence-electron chi connectivity index (χ3n) is 3.61. The molecule has 8 nitrogen and oxygen atoms in total. The highest BCUT2D eigenvalue weighted by atomic mass is 32.2. The van der Waals surface area contributed by atoms with Crippen LogP contribution in [0.4, 0.5) is 5.69 Å². The molecule has 0 spiro atoms. The van der Waals surface area contributed by atoms with E-state index in [1.54, 1.807) is 42.5 Å². The molecule has 1 aromatic carbocycles. The molecule has 0 bridgehead atoms. The Morgan fingerprint density at radius 3 is 2.65 bits per heavy atom. The van der Waals surface area contributed by atoms with Gasteiger partial charge in [0.25, 0.3) is 10.1 Å². The zero-order chi connectivity index (χ0) is 19.0. The maximum absolute atomic E-state index is 10.6. The smallest absolute Gasteiger partial charge is 0.264 e. The van der Waals surface area contributed by atoms with Crippen molar-refractivity contribution in [3.63, 3.8) is 0 Å². The minimum atomic E-state index is -3.91. The fourth-order valence-corrected chi connectivity index (χ4v) is 2.77. The molecule has 140 valence electrons. The second kappa shape index (κ2) is 9.27. The molecule has 5 N–H and O–H groups in total. The van der Waals surface area contributed by atoms with Crippen LogP contribution in [0.15, 0.2) is 47.6 Å². The Morgan fingerprint density at radius 2 is 1.92 bits per heavy atom. The normalized spacial score (nSPS) is 15.6. The molecule has 1 aliphatic carbocycles. The first-order chi connectivity index (χ1) is 12.3. The number of allylic oxidation sites excluding steroid dienone is 4. The van der Waals surface area contributed by atoms with Crippen molar-refractivity contribution in [2.24, 2.45) is 5.10 Å². The summed E-state index contributed by atoms with van der Waals surface area (Å²) in [7, 11) is -3.91. The second-order valence-electron chi connectivity index (χ2n) is 5.73. The molecule has 0 saturated carbocycles. The Kier molecular flexibility index (Phi) is 7.07. The lowest BCUT2D eigenvalue weighted by Crippen LogP contribution is -2.20. The molecule has 0 heterocycles. The van der Waals surface area contributed by atoms with Crippen LogP contribution in [0.1, 0.15) is 12.0 Å². The number of hydrazone groups is 1. The number of hydrogen-bond acceptors (Lipinski definition) is 7. The van der Waals surface area contributed by atoms with Gasteiger partial charge >= 0.3 is 0 Å². The summed E-state index contributed by atoms with van der Waals surface area (Å²) in [6.45, 7) is 1.11. The van der Waals surface area contributed by atoms with E-state index in [1.165, 1.54) is 0 Å². The Bertz CT molecular complexity index is 844. The summed E-state index contributed by atoms with van der Waals surface area (Å²) in [5, 5.41) is 24.9. The van der Waals surface area contributed by atoms with Crippen LogP contribution in [-0.2, 0) is 16.5 Å². The number of hydrogen-bond donors (Lipinski definition) is 5. The van der Waals surface area contributed by atoms with Gasteiger partial charge in [-0.05, 0) is 55.8 Å². The maximum atomic E-state index is 10.6. The van der Waals surface area contributed by atoms with Gasteiger partial charge in [0.2, 0.25) is 0 Å². The summed E-state index contributed by atoms with van der Waals surface area (Å²) in [5.41, 5.74) is 4.93. The largest absolute Gasteiger partial charge is 0.506 e. The van der Waals surface area contributed by atoms with Crippen LogP contribution in [-0.4, -0.2) is 48.3 Å². The van der Waals surface area contributed by atoms with Gasteiger partial charge in [0, 0.05) is 0 Å². The lowest BCUT2D eigenvalue weighted by atomic mass is 10.1. The van der Waals surface area contributed by atoms with E-state index in [0.29, 0.717) is 37.3 Å². The van der Waals surface area contributed by atoms with Crippen LogP contribution in [0, 0.1) is 5.41 Å². The molecule has 0 aromatic heterocycles. The van der Waals surface area contributed by atoms with E-state index in [1.807, 2.05) is 0 Å². The molecule has 0 atom stereocenters. The van der Waals surface area contributed by atoms with Gasteiger partial charge in [0.15, 0.2) is 0 Å². The summed E-state index contributed by atoms with van der Waals surface area (Å²) in [5.74, 6) is -0.201. The second-order valence-corrected chi connectivity index (χ2v) is 7.30. The molecule has 9 heteroatoms. The molecule has 0 fully saturated rings. The molecule has 0 radical (unpaired) electrons. The molecule has 0 unspecified atom stereocenters. The molecule has 1 aliphatic rings. The van der Waals surface area contributed by atoms with Crippen molar-refractivity contribution in [1.29, 1.82) is 5.41 Å². The minimum absolute atomic E-state index is 0.0565. The molecule has 1 aromatic rings. The number of anilines is 1. The molecule has 0 amide bonds. The van der Waals surface area contributed by atoms with Gasteiger partial charge in [-0.25, -0.2) is 0 Å². The first kappa shape index (κ1) is 19.8. The molecular weight excluding hydrogens is 356 g/mol. The van der Waals surface area contributed by atoms with Crippen molar-refractivity contribution in [3.05, 3.63) is 48.1 Å². The average Bonchev–Trinajstić information content (AvgIpc) is 2.58. The van der Waals surface area contributed by atoms with Gasteiger partial charge in [0.05, 0.1) is 17.2 Å². The number of nitrogens with zero attached hydrogens (tertiary/aromatic N) is 1. The third kappa shape index (κ3) is 6.79. The number of benzene rings is 1. The van der Waals surface area contributed by atoms with Crippen molar-refractivity contribution in [1.82, 2.24) is 5.32 Å². The predicted molar refractivity (Wildman–Crippen MR) is 103 cm³/mol. The van der Waals surface area contributed by atoms with Crippen LogP contribution in [0.3, 0.4) is 0 Å². The van der Waals surface area contributed by atoms with Crippen molar-refractivity contribution < 1.29 is 18.1 Å². The fraction of sp³-hybridized carbons (Fsp3) is 0.294. The molecule has 26 heavy (non-hydrogen) atoms. The van der Waals surface area contributed by atoms with Crippen LogP contribution >= 0.6 is 0 Å². The zero-order valence-electron chi connectivity index (χ0n) is 14.1. The molecular formula is C17H22N4O4S. The van der Waals surface area contributed by atoms with Crippen molar-refractivity contribution in [3.8, 4) is 5.75 Å². The number of phenols is 1. The van der Waals surface area contributed by atoms with E-state index in [-0.39, 0.29) is 17.2 Å². The lowest BCUT2D eigenvalue weighted by molar-refractivity contribution is 0.477. The monoisotopic (exact) mass is 378 g/mol. The Balaban J connectivity index is 1.85. The lowest BCUT2D eigenvalue weighted by Gasteiger charge is -2.09. The topological polar surface area (TPSA) is 135 Å². The first-order valence-electron chi connectivity index (χ1n) is 8.10. The Morgan fingerprint density at radius 1 is 1.15 bits per heavy atom. The van der Waals surface area contributed by atoms with Gasteiger partial charge in [-0.15, -0.1) is 0 Å². The Labute approximate surface area is 152 Å². The van der Waals surface area contributed by atoms with Gasteiger partial charge < -0.3 is 10.4 Å². The van der Waals surface area contributed by atoms with E-state index in [9.17, 15) is 13.5 Å². The van der Waals surface area contributed by atoms with Crippen LogP contribution in [0.2, 0.25) is 0 Å². The zero-order valence-corrected chi connectivity index (χ0v) is 15.0. The quantitative estimate of drug-likeness (QED) is 0.146. The van der Waals surface area contributed by atoms with Crippen LogP contribution in [0.5, 0.6) is 5.75 Å². The van der Waals surface area contributed by atoms with E-state index < -0.39 is 10.1 Å². The summed E-state index contributed by atoms with van der Waals surface area (Å²) < 4.78 is 29.9. The number of rotatable bonds is 9.